The molecule has 1 aromatic carbocycles. The molecule has 1 saturated heterocycles. The number of carbonyl (C=O) groups excluding carboxylic acids is 1. The van der Waals surface area contributed by atoms with Gasteiger partial charge in [0.15, 0.2) is 0 Å². The molecule has 1 fully saturated rings. The van der Waals surface area contributed by atoms with Crippen LogP contribution >= 0.6 is 0 Å². The third-order valence-corrected chi connectivity index (χ3v) is 5.55. The molecule has 2 aromatic rings. The SMILES string of the molecule is CC(C)(C)OC(=O)N1CCN2CCc3cc(Nc4ncc(C(F)(F)F)cn4)ccc3[C@@H]2C1. The van der Waals surface area contributed by atoms with E-state index in [1.807, 2.05) is 39.0 Å². The van der Waals surface area contributed by atoms with Crippen molar-refractivity contribution in [2.75, 3.05) is 31.5 Å². The molecule has 0 spiro atoms. The van der Waals surface area contributed by atoms with Crippen LogP contribution in [0.1, 0.15) is 43.5 Å². The number of carbonyl (C=O) groups is 1. The molecule has 3 heterocycles. The molecule has 0 radical (unpaired) electrons. The maximum absolute atomic E-state index is 12.7. The van der Waals surface area contributed by atoms with E-state index in [1.165, 1.54) is 0 Å². The van der Waals surface area contributed by atoms with Gasteiger partial charge in [-0.3, -0.25) is 4.90 Å². The minimum Gasteiger partial charge on any atom is -0.444 e. The van der Waals surface area contributed by atoms with Gasteiger partial charge in [-0.25, -0.2) is 14.8 Å². The Labute approximate surface area is 184 Å². The molecule has 0 saturated carbocycles. The highest BCUT2D eigenvalue weighted by Crippen LogP contribution is 2.35. The van der Waals surface area contributed by atoms with Gasteiger partial charge >= 0.3 is 12.3 Å². The summed E-state index contributed by atoms with van der Waals surface area (Å²) in [4.78, 5) is 24.2. The lowest BCUT2D eigenvalue weighted by atomic mass is 9.90. The first-order valence-electron chi connectivity index (χ1n) is 10.5. The summed E-state index contributed by atoms with van der Waals surface area (Å²) in [6.45, 7) is 8.40. The number of ether oxygens (including phenoxy) is 1. The van der Waals surface area contributed by atoms with Crippen molar-refractivity contribution in [1.29, 1.82) is 0 Å². The van der Waals surface area contributed by atoms with Crippen LogP contribution in [-0.2, 0) is 17.3 Å². The highest BCUT2D eigenvalue weighted by atomic mass is 19.4. The molecule has 10 heteroatoms. The number of benzene rings is 1. The fourth-order valence-corrected chi connectivity index (χ4v) is 4.03. The first-order valence-corrected chi connectivity index (χ1v) is 10.5. The number of piperazine rings is 1. The lowest BCUT2D eigenvalue weighted by Gasteiger charge is -2.45. The van der Waals surface area contributed by atoms with Gasteiger partial charge in [0.1, 0.15) is 5.60 Å². The van der Waals surface area contributed by atoms with E-state index in [1.54, 1.807) is 4.90 Å². The van der Waals surface area contributed by atoms with Crippen molar-refractivity contribution in [2.24, 2.45) is 0 Å². The molecule has 172 valence electrons. The molecular weight excluding hydrogens is 423 g/mol. The number of aromatic nitrogens is 2. The Morgan fingerprint density at radius 3 is 2.50 bits per heavy atom. The summed E-state index contributed by atoms with van der Waals surface area (Å²) >= 11 is 0. The quantitative estimate of drug-likeness (QED) is 0.734. The van der Waals surface area contributed by atoms with Crippen molar-refractivity contribution in [3.05, 3.63) is 47.3 Å². The van der Waals surface area contributed by atoms with Crippen LogP contribution in [0.2, 0.25) is 0 Å². The van der Waals surface area contributed by atoms with E-state index in [0.29, 0.717) is 18.8 Å². The molecule has 0 bridgehead atoms. The van der Waals surface area contributed by atoms with Crippen LogP contribution in [0.4, 0.5) is 29.6 Å². The maximum atomic E-state index is 12.7. The van der Waals surface area contributed by atoms with E-state index in [9.17, 15) is 18.0 Å². The lowest BCUT2D eigenvalue weighted by molar-refractivity contribution is -0.138. The van der Waals surface area contributed by atoms with Crippen molar-refractivity contribution in [2.45, 2.75) is 45.0 Å². The molecule has 32 heavy (non-hydrogen) atoms. The number of alkyl halides is 3. The zero-order chi connectivity index (χ0) is 23.1. The third kappa shape index (κ3) is 4.95. The number of hydrogen-bond donors (Lipinski definition) is 1. The van der Waals surface area contributed by atoms with Gasteiger partial charge in [0.05, 0.1) is 11.6 Å². The van der Waals surface area contributed by atoms with Crippen LogP contribution in [0, 0.1) is 0 Å². The second-order valence-corrected chi connectivity index (χ2v) is 9.06. The smallest absolute Gasteiger partial charge is 0.419 e. The summed E-state index contributed by atoms with van der Waals surface area (Å²) in [6.07, 6.45) is -2.40. The number of hydrogen-bond acceptors (Lipinski definition) is 6. The van der Waals surface area contributed by atoms with Crippen LogP contribution in [0.3, 0.4) is 0 Å². The average molecular weight is 449 g/mol. The summed E-state index contributed by atoms with van der Waals surface area (Å²) in [5.41, 5.74) is 1.55. The van der Waals surface area contributed by atoms with E-state index >= 15 is 0 Å². The van der Waals surface area contributed by atoms with E-state index in [4.69, 9.17) is 4.74 Å². The zero-order valence-corrected chi connectivity index (χ0v) is 18.2. The molecule has 1 N–H and O–H groups in total. The van der Waals surface area contributed by atoms with E-state index < -0.39 is 17.3 Å². The molecule has 2 aliphatic rings. The van der Waals surface area contributed by atoms with Gasteiger partial charge in [0, 0.05) is 44.3 Å². The van der Waals surface area contributed by atoms with Crippen molar-refractivity contribution >= 4 is 17.7 Å². The summed E-state index contributed by atoms with van der Waals surface area (Å²) in [7, 11) is 0. The Bertz CT molecular complexity index is 989. The summed E-state index contributed by atoms with van der Waals surface area (Å²) in [6, 6.07) is 5.91. The largest absolute Gasteiger partial charge is 0.444 e. The fraction of sp³-hybridized carbons (Fsp3) is 0.500. The van der Waals surface area contributed by atoms with Crippen LogP contribution in [0.15, 0.2) is 30.6 Å². The van der Waals surface area contributed by atoms with Crippen LogP contribution < -0.4 is 5.32 Å². The first kappa shape index (κ1) is 22.3. The number of nitrogens with zero attached hydrogens (tertiary/aromatic N) is 4. The van der Waals surface area contributed by atoms with Crippen molar-refractivity contribution in [3.63, 3.8) is 0 Å². The fourth-order valence-electron chi connectivity index (χ4n) is 4.03. The Kier molecular flexibility index (Phi) is 5.74. The Morgan fingerprint density at radius 1 is 1.12 bits per heavy atom. The summed E-state index contributed by atoms with van der Waals surface area (Å²) in [5.74, 6) is 0.101. The molecule has 0 aliphatic carbocycles. The minimum atomic E-state index is -4.47. The Hall–Kier alpha value is -2.88. The number of halogens is 3. The van der Waals surface area contributed by atoms with E-state index in [0.717, 1.165) is 43.0 Å². The normalized spacial score (nSPS) is 19.2. The number of nitrogens with one attached hydrogen (secondary N) is 1. The van der Waals surface area contributed by atoms with Gasteiger partial charge in [-0.15, -0.1) is 0 Å². The summed E-state index contributed by atoms with van der Waals surface area (Å²) in [5, 5.41) is 2.97. The molecule has 1 atom stereocenters. The molecular formula is C22H26F3N5O2. The molecule has 1 amide bonds. The van der Waals surface area contributed by atoms with Gasteiger partial charge in [0.2, 0.25) is 5.95 Å². The summed E-state index contributed by atoms with van der Waals surface area (Å²) < 4.78 is 43.6. The highest BCUT2D eigenvalue weighted by Gasteiger charge is 2.36. The molecule has 7 nitrogen and oxygen atoms in total. The predicted molar refractivity (Wildman–Crippen MR) is 113 cm³/mol. The average Bonchev–Trinajstić information content (AvgIpc) is 2.71. The standard InChI is InChI=1S/C22H26F3N5O2/c1-21(2,3)32-20(31)30-9-8-29-7-6-14-10-16(4-5-17(14)18(29)13-30)28-19-26-11-15(12-27-19)22(23,24)25/h4-5,10-12,18H,6-9,13H2,1-3H3,(H,26,27,28)/t18-/m0/s1. The first-order chi connectivity index (χ1) is 15.0. The van der Waals surface area contributed by atoms with Gasteiger partial charge in [-0.1, -0.05) is 6.07 Å². The Morgan fingerprint density at radius 2 is 1.84 bits per heavy atom. The number of anilines is 2. The highest BCUT2D eigenvalue weighted by molar-refractivity contribution is 5.68. The molecule has 1 aromatic heterocycles. The van der Waals surface area contributed by atoms with Gasteiger partial charge < -0.3 is 15.0 Å². The third-order valence-electron chi connectivity index (χ3n) is 5.55. The van der Waals surface area contributed by atoms with Crippen LogP contribution in [0.25, 0.3) is 0 Å². The number of rotatable bonds is 2. The van der Waals surface area contributed by atoms with Crippen LogP contribution in [-0.4, -0.2) is 57.6 Å². The minimum absolute atomic E-state index is 0.0800. The second kappa shape index (κ2) is 8.23. The molecule has 2 aliphatic heterocycles. The number of fused-ring (bicyclic) bond motifs is 3. The van der Waals surface area contributed by atoms with Crippen molar-refractivity contribution in [3.8, 4) is 0 Å². The lowest BCUT2D eigenvalue weighted by Crippen LogP contribution is -2.53. The van der Waals surface area contributed by atoms with Gasteiger partial charge in [0.25, 0.3) is 0 Å². The maximum Gasteiger partial charge on any atom is 0.419 e. The Balaban J connectivity index is 1.48. The van der Waals surface area contributed by atoms with Gasteiger partial charge in [-0.2, -0.15) is 13.2 Å². The zero-order valence-electron chi connectivity index (χ0n) is 18.2. The van der Waals surface area contributed by atoms with Crippen LogP contribution in [0.5, 0.6) is 0 Å². The van der Waals surface area contributed by atoms with Crippen molar-refractivity contribution in [1.82, 2.24) is 19.8 Å². The monoisotopic (exact) mass is 449 g/mol. The van der Waals surface area contributed by atoms with Crippen molar-refractivity contribution < 1.29 is 22.7 Å². The van der Waals surface area contributed by atoms with Gasteiger partial charge in [-0.05, 0) is 50.5 Å². The van der Waals surface area contributed by atoms with E-state index in [-0.39, 0.29) is 18.1 Å². The number of amides is 1. The molecule has 4 rings (SSSR count). The van der Waals surface area contributed by atoms with E-state index in [2.05, 4.69) is 20.2 Å². The predicted octanol–water partition coefficient (Wildman–Crippen LogP) is 4.39. The second-order valence-electron chi connectivity index (χ2n) is 9.06. The molecule has 0 unspecified atom stereocenters. The topological polar surface area (TPSA) is 70.6 Å².